The van der Waals surface area contributed by atoms with E-state index in [4.69, 9.17) is 0 Å². The Kier molecular flexibility index (Phi) is 4.75. The highest BCUT2D eigenvalue weighted by molar-refractivity contribution is 7.90. The lowest BCUT2D eigenvalue weighted by molar-refractivity contribution is 0.0758. The Morgan fingerprint density at radius 1 is 1.30 bits per heavy atom. The Morgan fingerprint density at radius 3 is 2.57 bits per heavy atom. The Labute approximate surface area is 137 Å². The van der Waals surface area contributed by atoms with Gasteiger partial charge in [-0.1, -0.05) is 0 Å². The van der Waals surface area contributed by atoms with Gasteiger partial charge in [-0.15, -0.1) is 0 Å². The van der Waals surface area contributed by atoms with Crippen molar-refractivity contribution in [3.05, 3.63) is 41.1 Å². The number of sulfone groups is 1. The molecule has 1 heterocycles. The fraction of sp³-hybridized carbons (Fsp3) is 0.412. The fourth-order valence-corrected chi connectivity index (χ4v) is 3.73. The van der Waals surface area contributed by atoms with Crippen molar-refractivity contribution < 1.29 is 13.2 Å². The molecular formula is C17H22N2O3S. The molecule has 0 N–H and O–H groups in total. The first-order chi connectivity index (χ1) is 10.6. The van der Waals surface area contributed by atoms with Gasteiger partial charge in [0.2, 0.25) is 0 Å². The van der Waals surface area contributed by atoms with E-state index in [2.05, 4.69) is 4.98 Å². The predicted molar refractivity (Wildman–Crippen MR) is 92.5 cm³/mol. The molecule has 6 heteroatoms. The largest absolute Gasteiger partial charge is 0.338 e. The Hall–Kier alpha value is -1.95. The van der Waals surface area contributed by atoms with Crippen molar-refractivity contribution in [3.8, 4) is 0 Å². The Balaban J connectivity index is 2.47. The molecule has 1 atom stereocenters. The van der Waals surface area contributed by atoms with Crippen LogP contribution < -0.4 is 0 Å². The number of nitrogens with zero attached hydrogens (tertiary/aromatic N) is 2. The summed E-state index contributed by atoms with van der Waals surface area (Å²) in [6.45, 7) is 5.64. The van der Waals surface area contributed by atoms with Crippen LogP contribution in [0.4, 0.5) is 0 Å². The minimum absolute atomic E-state index is 0.0640. The Bertz CT molecular complexity index is 860. The number of benzene rings is 1. The van der Waals surface area contributed by atoms with Crippen LogP contribution in [0.15, 0.2) is 24.4 Å². The van der Waals surface area contributed by atoms with Crippen LogP contribution in [-0.2, 0) is 9.84 Å². The summed E-state index contributed by atoms with van der Waals surface area (Å²) in [7, 11) is -1.52. The quantitative estimate of drug-likeness (QED) is 0.861. The molecule has 0 saturated carbocycles. The lowest BCUT2D eigenvalue weighted by Crippen LogP contribution is -2.39. The first kappa shape index (κ1) is 17.4. The molecule has 0 unspecified atom stereocenters. The zero-order valence-electron chi connectivity index (χ0n) is 14.1. The highest BCUT2D eigenvalue weighted by atomic mass is 32.2. The topological polar surface area (TPSA) is 67.3 Å². The van der Waals surface area contributed by atoms with E-state index in [0.717, 1.165) is 16.5 Å². The molecule has 1 amide bonds. The summed E-state index contributed by atoms with van der Waals surface area (Å²) in [5.74, 6) is -0.279. The van der Waals surface area contributed by atoms with Crippen molar-refractivity contribution in [2.45, 2.75) is 26.8 Å². The molecule has 0 spiro atoms. The summed E-state index contributed by atoms with van der Waals surface area (Å²) in [6, 6.07) is 5.32. The second kappa shape index (κ2) is 6.28. The van der Waals surface area contributed by atoms with Gasteiger partial charge in [0.15, 0.2) is 0 Å². The SMILES string of the molecule is Cc1cc(C(=O)N(C)[C@H](C)CS(C)(=O)=O)c2nccc(C)c2c1. The van der Waals surface area contributed by atoms with Gasteiger partial charge < -0.3 is 4.90 Å². The van der Waals surface area contributed by atoms with Crippen LogP contribution >= 0.6 is 0 Å². The number of hydrogen-bond donors (Lipinski definition) is 0. The van der Waals surface area contributed by atoms with Crippen LogP contribution in [0.1, 0.15) is 28.4 Å². The average Bonchev–Trinajstić information content (AvgIpc) is 2.44. The van der Waals surface area contributed by atoms with Crippen LogP contribution in [0.3, 0.4) is 0 Å². The zero-order chi connectivity index (χ0) is 17.4. The highest BCUT2D eigenvalue weighted by Gasteiger charge is 2.23. The first-order valence-corrected chi connectivity index (χ1v) is 9.47. The van der Waals surface area contributed by atoms with E-state index in [9.17, 15) is 13.2 Å². The van der Waals surface area contributed by atoms with Gasteiger partial charge in [-0.05, 0) is 50.1 Å². The number of hydrogen-bond acceptors (Lipinski definition) is 4. The average molecular weight is 334 g/mol. The van der Waals surface area contributed by atoms with Gasteiger partial charge in [0, 0.05) is 30.9 Å². The monoisotopic (exact) mass is 334 g/mol. The summed E-state index contributed by atoms with van der Waals surface area (Å²) in [5.41, 5.74) is 3.19. The van der Waals surface area contributed by atoms with Gasteiger partial charge in [0.25, 0.3) is 5.91 Å². The number of aromatic nitrogens is 1. The van der Waals surface area contributed by atoms with Gasteiger partial charge in [-0.25, -0.2) is 8.42 Å². The molecule has 0 aliphatic heterocycles. The number of rotatable bonds is 4. The standard InChI is InChI=1S/C17H22N2O3S/c1-11-8-14-12(2)6-7-18-16(14)15(9-11)17(20)19(4)13(3)10-23(5,21)22/h6-9,13H,10H2,1-5H3/t13-/m1/s1. The van der Waals surface area contributed by atoms with Crippen LogP contribution in [0.25, 0.3) is 10.9 Å². The molecule has 0 radical (unpaired) electrons. The van der Waals surface area contributed by atoms with Crippen molar-refractivity contribution >= 4 is 26.6 Å². The molecule has 5 nitrogen and oxygen atoms in total. The lowest BCUT2D eigenvalue weighted by Gasteiger charge is -2.25. The molecule has 0 aliphatic carbocycles. The lowest BCUT2D eigenvalue weighted by atomic mass is 10.0. The molecular weight excluding hydrogens is 312 g/mol. The molecule has 23 heavy (non-hydrogen) atoms. The van der Waals surface area contributed by atoms with Crippen molar-refractivity contribution in [2.75, 3.05) is 19.1 Å². The van der Waals surface area contributed by atoms with Crippen molar-refractivity contribution in [2.24, 2.45) is 0 Å². The van der Waals surface area contributed by atoms with Gasteiger partial charge >= 0.3 is 0 Å². The summed E-state index contributed by atoms with van der Waals surface area (Å²) in [5, 5.41) is 0.944. The van der Waals surface area contributed by atoms with E-state index in [1.54, 1.807) is 26.2 Å². The van der Waals surface area contributed by atoms with E-state index in [0.29, 0.717) is 11.1 Å². The number of fused-ring (bicyclic) bond motifs is 1. The number of aryl methyl sites for hydroxylation is 2. The molecule has 1 aromatic carbocycles. The molecule has 124 valence electrons. The van der Waals surface area contributed by atoms with Crippen LogP contribution in [0.2, 0.25) is 0 Å². The Morgan fingerprint density at radius 2 is 1.96 bits per heavy atom. The summed E-state index contributed by atoms with van der Waals surface area (Å²) >= 11 is 0. The number of carbonyl (C=O) groups is 1. The molecule has 0 saturated heterocycles. The maximum absolute atomic E-state index is 12.8. The minimum atomic E-state index is -3.15. The van der Waals surface area contributed by atoms with Gasteiger partial charge in [-0.3, -0.25) is 9.78 Å². The fourth-order valence-electron chi connectivity index (χ4n) is 2.64. The van der Waals surface area contributed by atoms with E-state index >= 15 is 0 Å². The second-order valence-electron chi connectivity index (χ2n) is 6.19. The molecule has 0 aliphatic rings. The zero-order valence-corrected chi connectivity index (χ0v) is 14.9. The summed E-state index contributed by atoms with van der Waals surface area (Å²) < 4.78 is 22.9. The number of pyridine rings is 1. The van der Waals surface area contributed by atoms with E-state index in [-0.39, 0.29) is 11.7 Å². The summed E-state index contributed by atoms with van der Waals surface area (Å²) in [4.78, 5) is 18.7. The van der Waals surface area contributed by atoms with E-state index in [1.165, 1.54) is 11.2 Å². The van der Waals surface area contributed by atoms with E-state index < -0.39 is 15.9 Å². The molecule has 1 aromatic heterocycles. The van der Waals surface area contributed by atoms with Gasteiger partial charge in [-0.2, -0.15) is 0 Å². The first-order valence-electron chi connectivity index (χ1n) is 7.41. The van der Waals surface area contributed by atoms with Crippen LogP contribution in [0.5, 0.6) is 0 Å². The third kappa shape index (κ3) is 3.88. The molecule has 2 aromatic rings. The van der Waals surface area contributed by atoms with Crippen molar-refractivity contribution in [1.29, 1.82) is 0 Å². The molecule has 0 bridgehead atoms. The van der Waals surface area contributed by atoms with Crippen LogP contribution in [-0.4, -0.2) is 49.3 Å². The number of amides is 1. The molecule has 0 fully saturated rings. The normalized spacial score (nSPS) is 13.1. The smallest absolute Gasteiger partial charge is 0.256 e. The third-order valence-electron chi connectivity index (χ3n) is 3.96. The number of carbonyl (C=O) groups excluding carboxylic acids is 1. The van der Waals surface area contributed by atoms with E-state index in [1.807, 2.05) is 26.0 Å². The molecule has 2 rings (SSSR count). The summed E-state index contributed by atoms with van der Waals surface area (Å²) in [6.07, 6.45) is 2.86. The van der Waals surface area contributed by atoms with Crippen molar-refractivity contribution in [3.63, 3.8) is 0 Å². The van der Waals surface area contributed by atoms with Gasteiger partial charge in [0.05, 0.1) is 16.8 Å². The van der Waals surface area contributed by atoms with Crippen molar-refractivity contribution in [1.82, 2.24) is 9.88 Å². The highest BCUT2D eigenvalue weighted by Crippen LogP contribution is 2.23. The van der Waals surface area contributed by atoms with Gasteiger partial charge in [0.1, 0.15) is 9.84 Å². The maximum atomic E-state index is 12.8. The predicted octanol–water partition coefficient (Wildman–Crippen LogP) is 2.36. The third-order valence-corrected chi connectivity index (χ3v) is 5.05. The second-order valence-corrected chi connectivity index (χ2v) is 8.38. The van der Waals surface area contributed by atoms with Crippen LogP contribution in [0, 0.1) is 13.8 Å². The maximum Gasteiger partial charge on any atom is 0.256 e. The minimum Gasteiger partial charge on any atom is -0.338 e.